The van der Waals surface area contributed by atoms with Gasteiger partial charge >= 0.3 is 0 Å². The molecule has 0 saturated carbocycles. The first-order valence-corrected chi connectivity index (χ1v) is 4.09. The van der Waals surface area contributed by atoms with Crippen LogP contribution in [0.1, 0.15) is 20.3 Å². The van der Waals surface area contributed by atoms with Gasteiger partial charge in [-0.25, -0.2) is 0 Å². The molecule has 0 saturated heterocycles. The molecule has 1 amide bonds. The smallest absolute Gasteiger partial charge is 0.223 e. The van der Waals surface area contributed by atoms with E-state index in [2.05, 4.69) is 6.58 Å². The molecule has 3 heteroatoms. The minimum Gasteiger partial charge on any atom is -0.388 e. The maximum Gasteiger partial charge on any atom is 0.223 e. The summed E-state index contributed by atoms with van der Waals surface area (Å²) < 4.78 is 0. The Balaban J connectivity index is 4.22. The van der Waals surface area contributed by atoms with E-state index in [-0.39, 0.29) is 0 Å². The summed E-state index contributed by atoms with van der Waals surface area (Å²) >= 11 is 0. The number of rotatable bonds is 5. The van der Waals surface area contributed by atoms with E-state index in [1.165, 1.54) is 6.08 Å². The van der Waals surface area contributed by atoms with Gasteiger partial charge in [0.1, 0.15) is 0 Å². The van der Waals surface area contributed by atoms with Crippen LogP contribution in [-0.4, -0.2) is 17.1 Å². The van der Waals surface area contributed by atoms with Crippen molar-refractivity contribution in [2.45, 2.75) is 26.4 Å². The van der Waals surface area contributed by atoms with Crippen LogP contribution in [0.5, 0.6) is 0 Å². The summed E-state index contributed by atoms with van der Waals surface area (Å²) in [4.78, 5) is 10.8. The Labute approximate surface area is 73.3 Å². The highest BCUT2D eigenvalue weighted by Crippen LogP contribution is 2.15. The minimum absolute atomic E-state index is 0.345. The molecule has 0 spiro atoms. The van der Waals surface area contributed by atoms with Crippen molar-refractivity contribution < 1.29 is 9.90 Å². The zero-order chi connectivity index (χ0) is 9.72. The molecule has 0 aromatic heterocycles. The molecule has 3 nitrogen and oxygen atoms in total. The maximum atomic E-state index is 10.8. The van der Waals surface area contributed by atoms with E-state index in [9.17, 15) is 9.90 Å². The Morgan fingerprint density at radius 2 is 2.17 bits per heavy atom. The zero-order valence-electron chi connectivity index (χ0n) is 7.66. The van der Waals surface area contributed by atoms with Gasteiger partial charge in [0.2, 0.25) is 5.91 Å². The number of amides is 1. The fourth-order valence-electron chi connectivity index (χ4n) is 1.10. The third-order valence-electron chi connectivity index (χ3n) is 1.74. The molecule has 2 atom stereocenters. The fraction of sp³-hybridized carbons (Fsp3) is 0.667. The van der Waals surface area contributed by atoms with E-state index in [0.29, 0.717) is 12.3 Å². The van der Waals surface area contributed by atoms with Crippen LogP contribution in [0.4, 0.5) is 0 Å². The van der Waals surface area contributed by atoms with Crippen molar-refractivity contribution in [1.82, 2.24) is 0 Å². The third kappa shape index (κ3) is 3.53. The molecular formula is C9H17NO2. The van der Waals surface area contributed by atoms with Crippen LogP contribution in [0.3, 0.4) is 0 Å². The van der Waals surface area contributed by atoms with Crippen LogP contribution in [0, 0.1) is 11.8 Å². The lowest BCUT2D eigenvalue weighted by Gasteiger charge is -2.18. The molecule has 0 bridgehead atoms. The van der Waals surface area contributed by atoms with Gasteiger partial charge in [0.15, 0.2) is 0 Å². The molecule has 3 N–H and O–H groups in total. The van der Waals surface area contributed by atoms with Crippen molar-refractivity contribution in [3.8, 4) is 0 Å². The summed E-state index contributed by atoms with van der Waals surface area (Å²) in [7, 11) is 0. The largest absolute Gasteiger partial charge is 0.388 e. The third-order valence-corrected chi connectivity index (χ3v) is 1.74. The van der Waals surface area contributed by atoms with Gasteiger partial charge < -0.3 is 10.8 Å². The first-order chi connectivity index (χ1) is 5.49. The van der Waals surface area contributed by atoms with Gasteiger partial charge in [-0.1, -0.05) is 19.9 Å². The molecule has 0 rings (SSSR count). The molecular weight excluding hydrogens is 154 g/mol. The van der Waals surface area contributed by atoms with E-state index >= 15 is 0 Å². The van der Waals surface area contributed by atoms with E-state index in [1.807, 2.05) is 13.8 Å². The zero-order valence-corrected chi connectivity index (χ0v) is 7.66. The SMILES string of the molecule is C=C[C@@H](O)[C@H](CC(C)C)C(N)=O. The van der Waals surface area contributed by atoms with Crippen LogP contribution in [0.25, 0.3) is 0 Å². The lowest BCUT2D eigenvalue weighted by atomic mass is 9.91. The highest BCUT2D eigenvalue weighted by molar-refractivity contribution is 5.77. The van der Waals surface area contributed by atoms with Gasteiger partial charge in [-0.15, -0.1) is 6.58 Å². The first kappa shape index (κ1) is 11.2. The number of hydrogen-bond donors (Lipinski definition) is 2. The average Bonchev–Trinajstić information content (AvgIpc) is 1.98. The standard InChI is InChI=1S/C9H17NO2/c1-4-8(11)7(9(10)12)5-6(2)3/h4,6-8,11H,1,5H2,2-3H3,(H2,10,12)/t7-,8+/m0/s1. The number of aliphatic hydroxyl groups excluding tert-OH is 1. The Morgan fingerprint density at radius 1 is 1.67 bits per heavy atom. The topological polar surface area (TPSA) is 63.3 Å². The van der Waals surface area contributed by atoms with Crippen molar-refractivity contribution in [3.05, 3.63) is 12.7 Å². The quantitative estimate of drug-likeness (QED) is 0.597. The molecule has 0 aliphatic rings. The van der Waals surface area contributed by atoms with E-state index in [0.717, 1.165) is 0 Å². The molecule has 0 heterocycles. The lowest BCUT2D eigenvalue weighted by Crippen LogP contribution is -2.33. The van der Waals surface area contributed by atoms with E-state index < -0.39 is 17.9 Å². The van der Waals surface area contributed by atoms with Crippen molar-refractivity contribution in [1.29, 1.82) is 0 Å². The van der Waals surface area contributed by atoms with E-state index in [1.54, 1.807) is 0 Å². The molecule has 12 heavy (non-hydrogen) atoms. The number of primary amides is 1. The molecule has 0 aliphatic heterocycles. The average molecular weight is 171 g/mol. The van der Waals surface area contributed by atoms with Crippen molar-refractivity contribution in [2.24, 2.45) is 17.6 Å². The van der Waals surface area contributed by atoms with Crippen molar-refractivity contribution >= 4 is 5.91 Å². The number of carbonyl (C=O) groups excluding carboxylic acids is 1. The second-order valence-electron chi connectivity index (χ2n) is 3.36. The predicted molar refractivity (Wildman–Crippen MR) is 48.3 cm³/mol. The normalized spacial score (nSPS) is 15.7. The molecule has 0 fully saturated rings. The molecule has 0 aliphatic carbocycles. The number of nitrogens with two attached hydrogens (primary N) is 1. The maximum absolute atomic E-state index is 10.8. The van der Waals surface area contributed by atoms with Gasteiger partial charge in [0.25, 0.3) is 0 Å². The molecule has 0 aromatic rings. The second kappa shape index (κ2) is 4.93. The van der Waals surface area contributed by atoms with E-state index in [4.69, 9.17) is 5.73 Å². The molecule has 0 aromatic carbocycles. The Kier molecular flexibility index (Phi) is 4.59. The highest BCUT2D eigenvalue weighted by atomic mass is 16.3. The summed E-state index contributed by atoms with van der Waals surface area (Å²) in [6, 6.07) is 0. The van der Waals surface area contributed by atoms with Gasteiger partial charge in [0, 0.05) is 0 Å². The highest BCUT2D eigenvalue weighted by Gasteiger charge is 2.22. The molecule has 70 valence electrons. The summed E-state index contributed by atoms with van der Waals surface area (Å²) in [5.74, 6) is -0.615. The van der Waals surface area contributed by atoms with Gasteiger partial charge in [-0.05, 0) is 12.3 Å². The van der Waals surface area contributed by atoms with Gasteiger partial charge in [0.05, 0.1) is 12.0 Å². The molecule has 0 unspecified atom stereocenters. The summed E-state index contributed by atoms with van der Waals surface area (Å²) in [6.45, 7) is 7.37. The van der Waals surface area contributed by atoms with Crippen LogP contribution in [0.2, 0.25) is 0 Å². The van der Waals surface area contributed by atoms with Gasteiger partial charge in [-0.2, -0.15) is 0 Å². The van der Waals surface area contributed by atoms with Crippen molar-refractivity contribution in [3.63, 3.8) is 0 Å². The number of aliphatic hydroxyl groups is 1. The summed E-state index contributed by atoms with van der Waals surface area (Å²) in [5.41, 5.74) is 5.11. The van der Waals surface area contributed by atoms with Gasteiger partial charge in [-0.3, -0.25) is 4.79 Å². The van der Waals surface area contributed by atoms with Crippen molar-refractivity contribution in [2.75, 3.05) is 0 Å². The number of hydrogen-bond acceptors (Lipinski definition) is 2. The fourth-order valence-corrected chi connectivity index (χ4v) is 1.10. The minimum atomic E-state index is -0.815. The van der Waals surface area contributed by atoms with Crippen LogP contribution in [0.15, 0.2) is 12.7 Å². The second-order valence-corrected chi connectivity index (χ2v) is 3.36. The Hall–Kier alpha value is -0.830. The monoisotopic (exact) mass is 171 g/mol. The lowest BCUT2D eigenvalue weighted by molar-refractivity contribution is -0.124. The first-order valence-electron chi connectivity index (χ1n) is 4.09. The Bertz CT molecular complexity index is 166. The Morgan fingerprint density at radius 3 is 2.42 bits per heavy atom. The predicted octanol–water partition coefficient (Wildman–Crippen LogP) is 0.681. The summed E-state index contributed by atoms with van der Waals surface area (Å²) in [6.07, 6.45) is 1.13. The summed E-state index contributed by atoms with van der Waals surface area (Å²) in [5, 5.41) is 9.32. The molecule has 0 radical (unpaired) electrons. The van der Waals surface area contributed by atoms with Crippen LogP contribution >= 0.6 is 0 Å². The number of carbonyl (C=O) groups is 1. The van der Waals surface area contributed by atoms with Crippen LogP contribution in [-0.2, 0) is 4.79 Å². The van der Waals surface area contributed by atoms with Crippen LogP contribution < -0.4 is 5.73 Å².